The first-order chi connectivity index (χ1) is 5.33. The molecule has 0 atom stereocenters. The van der Waals surface area contributed by atoms with E-state index in [9.17, 15) is 0 Å². The number of nitrogens with one attached hydrogen (secondary N) is 1. The lowest BCUT2D eigenvalue weighted by atomic mass is 10.2. The van der Waals surface area contributed by atoms with E-state index in [1.165, 1.54) is 0 Å². The average molecular weight is 143 g/mol. The molecule has 0 saturated carbocycles. The van der Waals surface area contributed by atoms with Gasteiger partial charge in [-0.1, -0.05) is 0 Å². The molecule has 0 radical (unpaired) electrons. The number of aromatic nitrogens is 2. The lowest BCUT2D eigenvalue weighted by Gasteiger charge is -1.76. The molecule has 0 saturated heterocycles. The van der Waals surface area contributed by atoms with Crippen molar-refractivity contribution < 1.29 is 0 Å². The first kappa shape index (κ1) is 6.80. The number of H-pyrrole nitrogens is 1. The molecule has 0 unspecified atom stereocenters. The highest BCUT2D eigenvalue weighted by molar-refractivity contribution is 5.48. The van der Waals surface area contributed by atoms with Gasteiger partial charge < -0.3 is 0 Å². The molecule has 0 spiro atoms. The van der Waals surface area contributed by atoms with Crippen LogP contribution in [0.3, 0.4) is 0 Å². The molecule has 1 aromatic rings. The molecule has 5 nitrogen and oxygen atoms in total. The summed E-state index contributed by atoms with van der Waals surface area (Å²) in [6, 6.07) is 5.10. The minimum atomic E-state index is -0.0379. The number of nitriles is 3. The summed E-state index contributed by atoms with van der Waals surface area (Å²) in [6.45, 7) is 0. The molecule has 0 bridgehead atoms. The predicted molar refractivity (Wildman–Crippen MR) is 32.7 cm³/mol. The summed E-state index contributed by atoms with van der Waals surface area (Å²) in [5.74, 6) is 0. The molecule has 1 N–H and O–H groups in total. The Morgan fingerprint density at radius 1 is 1.09 bits per heavy atom. The maximum absolute atomic E-state index is 8.44. The maximum Gasteiger partial charge on any atom is 0.181 e. The first-order valence-electron chi connectivity index (χ1n) is 2.62. The molecule has 0 fully saturated rings. The molecule has 1 aromatic heterocycles. The molecule has 1 heterocycles. The smallest absolute Gasteiger partial charge is 0.181 e. The fourth-order valence-corrected chi connectivity index (χ4v) is 0.613. The third-order valence-corrected chi connectivity index (χ3v) is 1.10. The Morgan fingerprint density at radius 3 is 2.27 bits per heavy atom. The van der Waals surface area contributed by atoms with Crippen molar-refractivity contribution in [2.45, 2.75) is 0 Å². The summed E-state index contributed by atoms with van der Waals surface area (Å²) in [6.07, 6.45) is 0. The maximum atomic E-state index is 8.44. The second-order valence-electron chi connectivity index (χ2n) is 1.66. The lowest BCUT2D eigenvalue weighted by Crippen LogP contribution is -1.79. The third kappa shape index (κ3) is 0.891. The molecular formula is C6HN5. The van der Waals surface area contributed by atoms with Gasteiger partial charge in [-0.3, -0.25) is 5.10 Å². The van der Waals surface area contributed by atoms with Crippen LogP contribution in [0.1, 0.15) is 17.0 Å². The van der Waals surface area contributed by atoms with Crippen molar-refractivity contribution in [3.8, 4) is 18.2 Å². The van der Waals surface area contributed by atoms with E-state index in [0.717, 1.165) is 0 Å². The normalized spacial score (nSPS) is 7.73. The summed E-state index contributed by atoms with van der Waals surface area (Å²) >= 11 is 0. The number of hydrogen-bond donors (Lipinski definition) is 1. The number of hydrogen-bond acceptors (Lipinski definition) is 4. The fourth-order valence-electron chi connectivity index (χ4n) is 0.613. The van der Waals surface area contributed by atoms with Crippen LogP contribution in [0.5, 0.6) is 0 Å². The van der Waals surface area contributed by atoms with Crippen LogP contribution in [0, 0.1) is 34.0 Å². The van der Waals surface area contributed by atoms with Gasteiger partial charge in [0.1, 0.15) is 23.8 Å². The minimum absolute atomic E-state index is 0.00926. The molecule has 1 rings (SSSR count). The molecule has 5 heteroatoms. The van der Waals surface area contributed by atoms with E-state index in [2.05, 4.69) is 10.2 Å². The third-order valence-electron chi connectivity index (χ3n) is 1.10. The highest BCUT2D eigenvalue weighted by atomic mass is 15.1. The molecule has 0 aliphatic carbocycles. The zero-order valence-corrected chi connectivity index (χ0v) is 5.29. The van der Waals surface area contributed by atoms with Gasteiger partial charge >= 0.3 is 0 Å². The van der Waals surface area contributed by atoms with Gasteiger partial charge in [0, 0.05) is 0 Å². The molecule has 0 aliphatic rings. The summed E-state index contributed by atoms with van der Waals surface area (Å²) in [7, 11) is 0. The van der Waals surface area contributed by atoms with Crippen LogP contribution >= 0.6 is 0 Å². The zero-order valence-electron chi connectivity index (χ0n) is 5.29. The number of rotatable bonds is 0. The Morgan fingerprint density at radius 2 is 1.82 bits per heavy atom. The van der Waals surface area contributed by atoms with E-state index in [1.807, 2.05) is 0 Å². The van der Waals surface area contributed by atoms with Gasteiger partial charge in [-0.15, -0.1) is 0 Å². The van der Waals surface area contributed by atoms with Crippen LogP contribution in [-0.2, 0) is 0 Å². The molecular weight excluding hydrogens is 142 g/mol. The van der Waals surface area contributed by atoms with Gasteiger partial charge in [-0.25, -0.2) is 0 Å². The Balaban J connectivity index is 3.41. The molecule has 11 heavy (non-hydrogen) atoms. The van der Waals surface area contributed by atoms with E-state index in [0.29, 0.717) is 0 Å². The van der Waals surface area contributed by atoms with Crippen molar-refractivity contribution in [1.82, 2.24) is 10.2 Å². The Bertz CT molecular complexity index is 363. The monoisotopic (exact) mass is 143 g/mol. The second kappa shape index (κ2) is 2.51. The topological polar surface area (TPSA) is 100 Å². The molecule has 0 aliphatic heterocycles. The Kier molecular flexibility index (Phi) is 1.55. The Labute approximate surface area is 62.1 Å². The van der Waals surface area contributed by atoms with Gasteiger partial charge in [-0.2, -0.15) is 20.9 Å². The first-order valence-corrected chi connectivity index (χ1v) is 2.62. The van der Waals surface area contributed by atoms with E-state index < -0.39 is 0 Å². The van der Waals surface area contributed by atoms with Crippen LogP contribution < -0.4 is 0 Å². The summed E-state index contributed by atoms with van der Waals surface area (Å²) in [5, 5.41) is 30.9. The van der Waals surface area contributed by atoms with E-state index in [1.54, 1.807) is 18.2 Å². The van der Waals surface area contributed by atoms with Crippen LogP contribution in [0.15, 0.2) is 0 Å². The Hall–Kier alpha value is -2.32. The SMILES string of the molecule is N#Cc1n[nH]c(C#N)c1C#N. The van der Waals surface area contributed by atoms with Gasteiger partial charge in [0.25, 0.3) is 0 Å². The number of nitrogens with zero attached hydrogens (tertiary/aromatic N) is 4. The molecule has 0 amide bonds. The fraction of sp³-hybridized carbons (Fsp3) is 0. The molecule has 0 aromatic carbocycles. The van der Waals surface area contributed by atoms with Crippen molar-refractivity contribution in [3.05, 3.63) is 17.0 Å². The average Bonchev–Trinajstić information content (AvgIpc) is 2.45. The lowest BCUT2D eigenvalue weighted by molar-refractivity contribution is 1.06. The molecule has 50 valence electrons. The van der Waals surface area contributed by atoms with Crippen LogP contribution in [-0.4, -0.2) is 10.2 Å². The summed E-state index contributed by atoms with van der Waals surface area (Å²) < 4.78 is 0. The highest BCUT2D eigenvalue weighted by Crippen LogP contribution is 2.06. The van der Waals surface area contributed by atoms with Crippen molar-refractivity contribution in [3.63, 3.8) is 0 Å². The second-order valence-corrected chi connectivity index (χ2v) is 1.66. The van der Waals surface area contributed by atoms with Crippen LogP contribution in [0.2, 0.25) is 0 Å². The standard InChI is InChI=1S/C6HN5/c7-1-4-5(2-8)10-11-6(4)3-9/h(H,10,11). The summed E-state index contributed by atoms with van der Waals surface area (Å²) in [4.78, 5) is 0. The van der Waals surface area contributed by atoms with E-state index in [-0.39, 0.29) is 17.0 Å². The van der Waals surface area contributed by atoms with Gasteiger partial charge in [0.05, 0.1) is 0 Å². The van der Waals surface area contributed by atoms with Gasteiger partial charge in [0.2, 0.25) is 0 Å². The van der Waals surface area contributed by atoms with Crippen molar-refractivity contribution in [2.75, 3.05) is 0 Å². The van der Waals surface area contributed by atoms with E-state index in [4.69, 9.17) is 15.8 Å². The minimum Gasteiger partial charge on any atom is -0.265 e. The van der Waals surface area contributed by atoms with Gasteiger partial charge in [-0.05, 0) is 0 Å². The predicted octanol–water partition coefficient (Wildman–Crippen LogP) is 0.0247. The summed E-state index contributed by atoms with van der Waals surface area (Å²) in [5.41, 5.74) is 0.00287. The zero-order chi connectivity index (χ0) is 8.27. The highest BCUT2D eigenvalue weighted by Gasteiger charge is 2.10. The van der Waals surface area contributed by atoms with Crippen molar-refractivity contribution >= 4 is 0 Å². The van der Waals surface area contributed by atoms with Gasteiger partial charge in [0.15, 0.2) is 11.4 Å². The van der Waals surface area contributed by atoms with E-state index >= 15 is 0 Å². The van der Waals surface area contributed by atoms with Crippen LogP contribution in [0.4, 0.5) is 0 Å². The number of aromatic amines is 1. The van der Waals surface area contributed by atoms with Crippen molar-refractivity contribution in [1.29, 1.82) is 15.8 Å². The largest absolute Gasteiger partial charge is 0.265 e. The quantitative estimate of drug-likeness (QED) is 0.553. The van der Waals surface area contributed by atoms with Crippen molar-refractivity contribution in [2.24, 2.45) is 0 Å². The van der Waals surface area contributed by atoms with Crippen LogP contribution in [0.25, 0.3) is 0 Å².